The smallest absolute Gasteiger partial charge is 0.263 e. The Labute approximate surface area is 179 Å². The van der Waals surface area contributed by atoms with Crippen molar-refractivity contribution in [2.75, 3.05) is 0 Å². The molecule has 7 heteroatoms. The monoisotopic (exact) mass is 418 g/mol. The van der Waals surface area contributed by atoms with Gasteiger partial charge in [-0.05, 0) is 56.2 Å². The Morgan fingerprint density at radius 1 is 1.03 bits per heavy atom. The molecular weight excluding hydrogens is 395 g/mol. The van der Waals surface area contributed by atoms with Gasteiger partial charge in [0.2, 0.25) is 5.91 Å². The second-order valence-electron chi connectivity index (χ2n) is 7.66. The highest BCUT2D eigenvalue weighted by atomic mass is 19.1. The lowest BCUT2D eigenvalue weighted by Crippen LogP contribution is -2.32. The van der Waals surface area contributed by atoms with Crippen molar-refractivity contribution in [2.45, 2.75) is 33.9 Å². The molecule has 2 aromatic heterocycles. The number of carbonyl (C=O) groups excluding carboxylic acids is 1. The summed E-state index contributed by atoms with van der Waals surface area (Å²) < 4.78 is 16.3. The fourth-order valence-corrected chi connectivity index (χ4v) is 3.62. The molecule has 1 N–H and O–H groups in total. The Hall–Kier alpha value is -3.74. The molecule has 0 saturated heterocycles. The van der Waals surface area contributed by atoms with Gasteiger partial charge in [-0.2, -0.15) is 0 Å². The maximum absolute atomic E-state index is 13.1. The highest BCUT2D eigenvalue weighted by Gasteiger charge is 2.18. The molecule has 1 amide bonds. The number of benzene rings is 2. The lowest BCUT2D eigenvalue weighted by molar-refractivity contribution is -0.121. The largest absolute Gasteiger partial charge is 0.350 e. The number of aryl methyl sites for hydroxylation is 2. The van der Waals surface area contributed by atoms with Crippen LogP contribution in [0.5, 0.6) is 0 Å². The molecule has 4 rings (SSSR count). The van der Waals surface area contributed by atoms with Crippen LogP contribution in [0.3, 0.4) is 0 Å². The molecule has 6 nitrogen and oxygen atoms in total. The van der Waals surface area contributed by atoms with E-state index in [4.69, 9.17) is 0 Å². The lowest BCUT2D eigenvalue weighted by Gasteiger charge is -2.09. The number of nitrogens with zero attached hydrogens (tertiary/aromatic N) is 3. The number of carbonyl (C=O) groups is 1. The summed E-state index contributed by atoms with van der Waals surface area (Å²) in [7, 11) is 0. The second kappa shape index (κ2) is 8.18. The van der Waals surface area contributed by atoms with Gasteiger partial charge in [0.25, 0.3) is 5.56 Å². The van der Waals surface area contributed by atoms with E-state index >= 15 is 0 Å². The van der Waals surface area contributed by atoms with Crippen molar-refractivity contribution in [3.8, 4) is 5.69 Å². The number of fused-ring (bicyclic) bond motifs is 1. The molecule has 2 heterocycles. The summed E-state index contributed by atoms with van der Waals surface area (Å²) in [5.74, 6) is -0.649. The predicted octanol–water partition coefficient (Wildman–Crippen LogP) is 3.57. The third kappa shape index (κ3) is 3.99. The minimum Gasteiger partial charge on any atom is -0.350 e. The molecule has 158 valence electrons. The van der Waals surface area contributed by atoms with E-state index in [1.165, 1.54) is 23.0 Å². The number of hydrogen-bond donors (Lipinski definition) is 1. The zero-order valence-electron chi connectivity index (χ0n) is 17.6. The average molecular weight is 418 g/mol. The van der Waals surface area contributed by atoms with Gasteiger partial charge in [-0.25, -0.2) is 9.37 Å². The van der Waals surface area contributed by atoms with Gasteiger partial charge in [-0.3, -0.25) is 18.7 Å². The summed E-state index contributed by atoms with van der Waals surface area (Å²) in [4.78, 5) is 30.0. The first kappa shape index (κ1) is 20.5. The molecule has 0 radical (unpaired) electrons. The van der Waals surface area contributed by atoms with Crippen LogP contribution < -0.4 is 10.9 Å². The van der Waals surface area contributed by atoms with E-state index in [0.29, 0.717) is 11.0 Å². The zero-order valence-corrected chi connectivity index (χ0v) is 17.6. The van der Waals surface area contributed by atoms with Crippen molar-refractivity contribution in [2.24, 2.45) is 0 Å². The van der Waals surface area contributed by atoms with Gasteiger partial charge in [-0.15, -0.1) is 0 Å². The van der Waals surface area contributed by atoms with E-state index in [2.05, 4.69) is 10.3 Å². The molecular formula is C24H23FN4O2. The Morgan fingerprint density at radius 2 is 1.71 bits per heavy atom. The SMILES string of the molecule is Cc1ccc(-n2c(C)c(C)c3c(=O)n(CC(=O)NCc4ccc(F)cc4)cnc32)cc1. The number of aromatic nitrogens is 3. The van der Waals surface area contributed by atoms with E-state index in [9.17, 15) is 14.0 Å². The van der Waals surface area contributed by atoms with Gasteiger partial charge in [0.1, 0.15) is 18.7 Å². The number of hydrogen-bond acceptors (Lipinski definition) is 3. The first-order valence-electron chi connectivity index (χ1n) is 10.0. The first-order valence-corrected chi connectivity index (χ1v) is 10.0. The Morgan fingerprint density at radius 3 is 2.39 bits per heavy atom. The molecule has 0 unspecified atom stereocenters. The van der Waals surface area contributed by atoms with Gasteiger partial charge in [0, 0.05) is 17.9 Å². The molecule has 0 aliphatic rings. The fourth-order valence-electron chi connectivity index (χ4n) is 3.62. The predicted molar refractivity (Wildman–Crippen MR) is 118 cm³/mol. The molecule has 0 spiro atoms. The maximum Gasteiger partial charge on any atom is 0.263 e. The summed E-state index contributed by atoms with van der Waals surface area (Å²) in [5.41, 5.74) is 4.95. The van der Waals surface area contributed by atoms with Crippen LogP contribution in [-0.4, -0.2) is 20.0 Å². The quantitative estimate of drug-likeness (QED) is 0.539. The standard InChI is InChI=1S/C24H23FN4O2/c1-15-4-10-20(11-5-15)29-17(3)16(2)22-23(29)27-14-28(24(22)31)13-21(30)26-12-18-6-8-19(25)9-7-18/h4-11,14H,12-13H2,1-3H3,(H,26,30). The fraction of sp³-hybridized carbons (Fsp3) is 0.208. The third-order valence-corrected chi connectivity index (χ3v) is 5.49. The molecule has 0 saturated carbocycles. The van der Waals surface area contributed by atoms with Crippen LogP contribution in [0.4, 0.5) is 4.39 Å². The summed E-state index contributed by atoms with van der Waals surface area (Å²) in [6, 6.07) is 13.9. The molecule has 31 heavy (non-hydrogen) atoms. The Kier molecular flexibility index (Phi) is 5.42. The van der Waals surface area contributed by atoms with Gasteiger partial charge in [-0.1, -0.05) is 29.8 Å². The summed E-state index contributed by atoms with van der Waals surface area (Å²) in [6.07, 6.45) is 1.41. The van der Waals surface area contributed by atoms with Crippen molar-refractivity contribution in [3.63, 3.8) is 0 Å². The van der Waals surface area contributed by atoms with E-state index in [0.717, 1.165) is 28.1 Å². The number of rotatable bonds is 5. The lowest BCUT2D eigenvalue weighted by atomic mass is 10.2. The number of nitrogens with one attached hydrogen (secondary N) is 1. The minimum absolute atomic E-state index is 0.142. The summed E-state index contributed by atoms with van der Waals surface area (Å²) >= 11 is 0. The molecule has 0 fully saturated rings. The Balaban J connectivity index is 1.61. The van der Waals surface area contributed by atoms with Crippen LogP contribution in [0, 0.1) is 26.6 Å². The summed E-state index contributed by atoms with van der Waals surface area (Å²) in [5, 5.41) is 3.26. The first-order chi connectivity index (χ1) is 14.8. The maximum atomic E-state index is 13.1. The van der Waals surface area contributed by atoms with E-state index in [1.807, 2.05) is 49.6 Å². The van der Waals surface area contributed by atoms with E-state index < -0.39 is 0 Å². The molecule has 0 aliphatic heterocycles. The average Bonchev–Trinajstić information content (AvgIpc) is 3.01. The highest BCUT2D eigenvalue weighted by Crippen LogP contribution is 2.25. The van der Waals surface area contributed by atoms with Crippen LogP contribution in [0.1, 0.15) is 22.4 Å². The third-order valence-electron chi connectivity index (χ3n) is 5.49. The topological polar surface area (TPSA) is 68.9 Å². The second-order valence-corrected chi connectivity index (χ2v) is 7.66. The van der Waals surface area contributed by atoms with Gasteiger partial charge in [0.05, 0.1) is 5.39 Å². The minimum atomic E-state index is -0.329. The zero-order chi connectivity index (χ0) is 22.1. The van der Waals surface area contributed by atoms with Crippen molar-refractivity contribution >= 4 is 16.9 Å². The van der Waals surface area contributed by atoms with E-state index in [1.54, 1.807) is 12.1 Å². The van der Waals surface area contributed by atoms with Crippen LogP contribution in [0.2, 0.25) is 0 Å². The van der Waals surface area contributed by atoms with Crippen LogP contribution in [0.25, 0.3) is 16.7 Å². The molecule has 0 aliphatic carbocycles. The number of amides is 1. The number of halogens is 1. The van der Waals surface area contributed by atoms with Crippen molar-refractivity contribution in [3.05, 3.63) is 93.4 Å². The Bertz CT molecular complexity index is 1320. The molecule has 2 aromatic carbocycles. The van der Waals surface area contributed by atoms with Crippen molar-refractivity contribution in [1.29, 1.82) is 0 Å². The highest BCUT2D eigenvalue weighted by molar-refractivity contribution is 5.83. The van der Waals surface area contributed by atoms with Crippen molar-refractivity contribution < 1.29 is 9.18 Å². The molecule has 0 atom stereocenters. The van der Waals surface area contributed by atoms with Gasteiger partial charge < -0.3 is 5.32 Å². The van der Waals surface area contributed by atoms with Gasteiger partial charge in [0.15, 0.2) is 5.65 Å². The van der Waals surface area contributed by atoms with Crippen LogP contribution >= 0.6 is 0 Å². The van der Waals surface area contributed by atoms with Gasteiger partial charge >= 0.3 is 0 Å². The van der Waals surface area contributed by atoms with Crippen LogP contribution in [-0.2, 0) is 17.9 Å². The summed E-state index contributed by atoms with van der Waals surface area (Å²) in [6.45, 7) is 5.98. The van der Waals surface area contributed by atoms with Crippen LogP contribution in [0.15, 0.2) is 59.7 Å². The van der Waals surface area contributed by atoms with Crippen molar-refractivity contribution in [1.82, 2.24) is 19.4 Å². The normalized spacial score (nSPS) is 11.1. The van der Waals surface area contributed by atoms with E-state index in [-0.39, 0.29) is 30.4 Å². The molecule has 4 aromatic rings. The molecule has 0 bridgehead atoms.